The van der Waals surface area contributed by atoms with Crippen LogP contribution in [-0.2, 0) is 14.8 Å². The third-order valence-corrected chi connectivity index (χ3v) is 7.42. The van der Waals surface area contributed by atoms with Crippen molar-refractivity contribution < 1.29 is 13.2 Å². The number of carbonyl (C=O) groups excluding carboxylic acids is 1. The third-order valence-electron chi connectivity index (χ3n) is 5.51. The first-order chi connectivity index (χ1) is 15.3. The maximum absolute atomic E-state index is 13.0. The fourth-order valence-corrected chi connectivity index (χ4v) is 5.01. The number of amides is 1. The average molecular weight is 456 g/mol. The summed E-state index contributed by atoms with van der Waals surface area (Å²) in [6, 6.07) is 8.09. The van der Waals surface area contributed by atoms with Gasteiger partial charge >= 0.3 is 0 Å². The molecule has 3 heterocycles. The maximum atomic E-state index is 13.0. The minimum absolute atomic E-state index is 0.204. The first-order valence-electron chi connectivity index (χ1n) is 10.2. The van der Waals surface area contributed by atoms with Crippen LogP contribution >= 0.6 is 0 Å². The second kappa shape index (κ2) is 8.67. The number of nitrogens with zero attached hydrogens (tertiary/aromatic N) is 6. The number of anilines is 2. The number of carbonyl (C=O) groups is 1. The molecule has 0 bridgehead atoms. The number of aromatic nitrogens is 4. The molecule has 0 radical (unpaired) electrons. The van der Waals surface area contributed by atoms with Crippen LogP contribution < -0.4 is 10.2 Å². The molecule has 0 saturated carbocycles. The van der Waals surface area contributed by atoms with E-state index in [4.69, 9.17) is 0 Å². The number of rotatable bonds is 5. The molecule has 1 amide bonds. The van der Waals surface area contributed by atoms with Gasteiger partial charge in [-0.2, -0.15) is 4.31 Å². The Labute approximate surface area is 187 Å². The molecule has 1 aromatic carbocycles. The number of benzene rings is 1. The Morgan fingerprint density at radius 3 is 2.22 bits per heavy atom. The average Bonchev–Trinajstić information content (AvgIpc) is 3.12. The molecule has 2 aromatic heterocycles. The van der Waals surface area contributed by atoms with Gasteiger partial charge in [0.05, 0.1) is 10.6 Å². The van der Waals surface area contributed by atoms with Crippen molar-refractivity contribution >= 4 is 27.4 Å². The van der Waals surface area contributed by atoms with E-state index in [2.05, 4.69) is 25.2 Å². The number of hydrogen-bond donors (Lipinski definition) is 1. The number of piperazine rings is 1. The van der Waals surface area contributed by atoms with Crippen LogP contribution in [0.15, 0.2) is 47.9 Å². The second-order valence-electron chi connectivity index (χ2n) is 7.62. The van der Waals surface area contributed by atoms with Crippen molar-refractivity contribution in [1.29, 1.82) is 0 Å². The van der Waals surface area contributed by atoms with E-state index < -0.39 is 10.0 Å². The molecule has 1 aliphatic rings. The predicted octanol–water partition coefficient (Wildman–Crippen LogP) is 1.75. The lowest BCUT2D eigenvalue weighted by Gasteiger charge is -2.34. The molecule has 3 aromatic rings. The summed E-state index contributed by atoms with van der Waals surface area (Å²) in [6.45, 7) is 7.06. The lowest BCUT2D eigenvalue weighted by Crippen LogP contribution is -2.48. The first-order valence-corrected chi connectivity index (χ1v) is 11.7. The molecule has 0 atom stereocenters. The summed E-state index contributed by atoms with van der Waals surface area (Å²) < 4.78 is 29.4. The fourth-order valence-electron chi connectivity index (χ4n) is 3.59. The molecule has 1 fully saturated rings. The van der Waals surface area contributed by atoms with E-state index in [1.807, 2.05) is 24.5 Å². The van der Waals surface area contributed by atoms with Crippen molar-refractivity contribution in [2.24, 2.45) is 0 Å². The Balaban J connectivity index is 1.45. The summed E-state index contributed by atoms with van der Waals surface area (Å²) in [7, 11) is -3.62. The van der Waals surface area contributed by atoms with Crippen molar-refractivity contribution in [3.8, 4) is 5.82 Å². The van der Waals surface area contributed by atoms with Gasteiger partial charge < -0.3 is 10.2 Å². The van der Waals surface area contributed by atoms with Crippen LogP contribution in [0, 0.1) is 13.8 Å². The summed E-state index contributed by atoms with van der Waals surface area (Å²) in [6.07, 6.45) is 3.25. The SMILES string of the molecule is CC(=O)Nc1ccc(S(=O)(=O)N2CCN(c3cc(-n4cnc(C)c4C)ncn3)CC2)cc1. The number of aryl methyl sites for hydroxylation is 1. The highest BCUT2D eigenvalue weighted by Crippen LogP contribution is 2.22. The van der Waals surface area contributed by atoms with Gasteiger partial charge in [-0.3, -0.25) is 9.36 Å². The standard InChI is InChI=1S/C21H25N7O3S/c1-15-16(2)28(14-24-15)21-12-20(22-13-23-21)26-8-10-27(11-9-26)32(30,31)19-6-4-18(5-7-19)25-17(3)29/h4-7,12-14H,8-11H2,1-3H3,(H,25,29). The maximum Gasteiger partial charge on any atom is 0.243 e. The van der Waals surface area contributed by atoms with Crippen molar-refractivity contribution in [3.05, 3.63) is 54.4 Å². The Morgan fingerprint density at radius 2 is 1.62 bits per heavy atom. The predicted molar refractivity (Wildman–Crippen MR) is 120 cm³/mol. The second-order valence-corrected chi connectivity index (χ2v) is 9.55. The van der Waals surface area contributed by atoms with E-state index in [0.29, 0.717) is 31.9 Å². The minimum Gasteiger partial charge on any atom is -0.354 e. The van der Waals surface area contributed by atoms with Crippen LogP contribution in [0.4, 0.5) is 11.5 Å². The van der Waals surface area contributed by atoms with Crippen molar-refractivity contribution in [2.45, 2.75) is 25.7 Å². The summed E-state index contributed by atoms with van der Waals surface area (Å²) in [5, 5.41) is 2.64. The Morgan fingerprint density at radius 1 is 0.969 bits per heavy atom. The van der Waals surface area contributed by atoms with E-state index in [1.54, 1.807) is 18.5 Å². The molecule has 0 unspecified atom stereocenters. The van der Waals surface area contributed by atoms with Gasteiger partial charge in [0.2, 0.25) is 15.9 Å². The topological polar surface area (TPSA) is 113 Å². The van der Waals surface area contributed by atoms with Crippen molar-refractivity contribution in [1.82, 2.24) is 23.8 Å². The van der Waals surface area contributed by atoms with Crippen LogP contribution in [0.25, 0.3) is 5.82 Å². The zero-order valence-corrected chi connectivity index (χ0v) is 19.0. The quantitative estimate of drug-likeness (QED) is 0.623. The molecule has 4 rings (SSSR count). The molecule has 10 nitrogen and oxygen atoms in total. The third kappa shape index (κ3) is 4.34. The molecule has 1 saturated heterocycles. The zero-order valence-electron chi connectivity index (χ0n) is 18.2. The van der Waals surface area contributed by atoms with Crippen LogP contribution in [0.3, 0.4) is 0 Å². The van der Waals surface area contributed by atoms with E-state index in [1.165, 1.54) is 29.7 Å². The Bertz CT molecular complexity index is 1230. The van der Waals surface area contributed by atoms with E-state index in [9.17, 15) is 13.2 Å². The van der Waals surface area contributed by atoms with Gasteiger partial charge in [-0.15, -0.1) is 0 Å². The molecule has 0 aliphatic carbocycles. The van der Waals surface area contributed by atoms with Gasteiger partial charge in [0.25, 0.3) is 0 Å². The lowest BCUT2D eigenvalue weighted by atomic mass is 10.3. The van der Waals surface area contributed by atoms with E-state index >= 15 is 0 Å². The number of hydrogen-bond acceptors (Lipinski definition) is 7. The molecule has 0 spiro atoms. The molecular weight excluding hydrogens is 430 g/mol. The molecule has 168 valence electrons. The van der Waals surface area contributed by atoms with Gasteiger partial charge in [-0.25, -0.2) is 23.4 Å². The highest BCUT2D eigenvalue weighted by atomic mass is 32.2. The summed E-state index contributed by atoms with van der Waals surface area (Å²) in [4.78, 5) is 26.5. The molecule has 1 aliphatic heterocycles. The Hall–Kier alpha value is -3.31. The number of nitrogens with one attached hydrogen (secondary N) is 1. The number of sulfonamides is 1. The van der Waals surface area contributed by atoms with Gasteiger partial charge in [0.1, 0.15) is 24.3 Å². The molecule has 32 heavy (non-hydrogen) atoms. The molecule has 11 heteroatoms. The normalized spacial score (nSPS) is 15.0. The van der Waals surface area contributed by atoms with Gasteiger partial charge in [-0.05, 0) is 38.1 Å². The monoisotopic (exact) mass is 455 g/mol. The molecular formula is C21H25N7O3S. The highest BCUT2D eigenvalue weighted by molar-refractivity contribution is 7.89. The summed E-state index contributed by atoms with van der Waals surface area (Å²) >= 11 is 0. The van der Waals surface area contributed by atoms with E-state index in [0.717, 1.165) is 23.0 Å². The van der Waals surface area contributed by atoms with Crippen molar-refractivity contribution in [2.75, 3.05) is 36.4 Å². The number of imidazole rings is 1. The fraction of sp³-hybridized carbons (Fsp3) is 0.333. The van der Waals surface area contributed by atoms with Crippen LogP contribution in [0.5, 0.6) is 0 Å². The first kappa shape index (κ1) is 21.9. The molecule has 1 N–H and O–H groups in total. The van der Waals surface area contributed by atoms with E-state index in [-0.39, 0.29) is 10.8 Å². The lowest BCUT2D eigenvalue weighted by molar-refractivity contribution is -0.114. The largest absolute Gasteiger partial charge is 0.354 e. The zero-order chi connectivity index (χ0) is 22.9. The van der Waals surface area contributed by atoms with Crippen LogP contribution in [0.2, 0.25) is 0 Å². The Kier molecular flexibility index (Phi) is 5.94. The van der Waals surface area contributed by atoms with Gasteiger partial charge in [0, 0.05) is 50.6 Å². The van der Waals surface area contributed by atoms with Gasteiger partial charge in [-0.1, -0.05) is 0 Å². The minimum atomic E-state index is -3.62. The smallest absolute Gasteiger partial charge is 0.243 e. The summed E-state index contributed by atoms with van der Waals surface area (Å²) in [5.41, 5.74) is 2.51. The highest BCUT2D eigenvalue weighted by Gasteiger charge is 2.29. The van der Waals surface area contributed by atoms with Crippen LogP contribution in [0.1, 0.15) is 18.3 Å². The van der Waals surface area contributed by atoms with Crippen molar-refractivity contribution in [3.63, 3.8) is 0 Å². The van der Waals surface area contributed by atoms with Crippen LogP contribution in [-0.4, -0.2) is 64.3 Å². The summed E-state index contributed by atoms with van der Waals surface area (Å²) in [5.74, 6) is 1.27. The van der Waals surface area contributed by atoms with Gasteiger partial charge in [0.15, 0.2) is 0 Å².